The SMILES string of the molecule is CCC(C)NC(N)=NCCc1c[nH]c2c(C)cccc12. The molecule has 1 aromatic carbocycles. The third-order valence-electron chi connectivity index (χ3n) is 3.68. The van der Waals surface area contributed by atoms with Gasteiger partial charge >= 0.3 is 0 Å². The number of aryl methyl sites for hydroxylation is 1. The minimum absolute atomic E-state index is 0.370. The Kier molecular flexibility index (Phi) is 4.66. The molecule has 1 heterocycles. The maximum Gasteiger partial charge on any atom is 0.188 e. The van der Waals surface area contributed by atoms with Gasteiger partial charge in [0.15, 0.2) is 5.96 Å². The highest BCUT2D eigenvalue weighted by molar-refractivity contribution is 5.86. The summed E-state index contributed by atoms with van der Waals surface area (Å²) in [6.45, 7) is 7.05. The lowest BCUT2D eigenvalue weighted by molar-refractivity contribution is 0.636. The molecule has 20 heavy (non-hydrogen) atoms. The Labute approximate surface area is 120 Å². The van der Waals surface area contributed by atoms with E-state index in [4.69, 9.17) is 5.73 Å². The first-order chi connectivity index (χ1) is 9.61. The van der Waals surface area contributed by atoms with E-state index in [9.17, 15) is 0 Å². The van der Waals surface area contributed by atoms with E-state index in [2.05, 4.69) is 60.5 Å². The number of rotatable bonds is 5. The zero-order valence-corrected chi connectivity index (χ0v) is 12.5. The number of benzene rings is 1. The van der Waals surface area contributed by atoms with Crippen molar-refractivity contribution in [3.05, 3.63) is 35.5 Å². The molecular formula is C16H24N4. The van der Waals surface area contributed by atoms with Gasteiger partial charge in [-0.05, 0) is 37.8 Å². The molecule has 1 unspecified atom stereocenters. The lowest BCUT2D eigenvalue weighted by Gasteiger charge is -2.11. The predicted molar refractivity (Wildman–Crippen MR) is 86.1 cm³/mol. The fourth-order valence-corrected chi connectivity index (χ4v) is 2.27. The van der Waals surface area contributed by atoms with Crippen molar-refractivity contribution in [1.82, 2.24) is 10.3 Å². The molecule has 4 N–H and O–H groups in total. The van der Waals surface area contributed by atoms with Crippen LogP contribution >= 0.6 is 0 Å². The number of nitrogens with zero attached hydrogens (tertiary/aromatic N) is 1. The fourth-order valence-electron chi connectivity index (χ4n) is 2.27. The second kappa shape index (κ2) is 6.46. The van der Waals surface area contributed by atoms with Crippen LogP contribution in [0.5, 0.6) is 0 Å². The average molecular weight is 272 g/mol. The standard InChI is InChI=1S/C16H24N4/c1-4-12(3)20-16(17)18-9-8-13-10-19-15-11(2)6-5-7-14(13)15/h5-7,10,12,19H,4,8-9H2,1-3H3,(H3,17,18,20). The summed E-state index contributed by atoms with van der Waals surface area (Å²) in [5, 5.41) is 4.46. The summed E-state index contributed by atoms with van der Waals surface area (Å²) in [6, 6.07) is 6.74. The van der Waals surface area contributed by atoms with Crippen molar-refractivity contribution in [2.45, 2.75) is 39.7 Å². The summed E-state index contributed by atoms with van der Waals surface area (Å²) < 4.78 is 0. The van der Waals surface area contributed by atoms with E-state index in [0.29, 0.717) is 18.5 Å². The highest BCUT2D eigenvalue weighted by Gasteiger charge is 2.05. The third-order valence-corrected chi connectivity index (χ3v) is 3.68. The van der Waals surface area contributed by atoms with Gasteiger partial charge in [-0.1, -0.05) is 25.1 Å². The van der Waals surface area contributed by atoms with Gasteiger partial charge in [-0.3, -0.25) is 4.99 Å². The molecular weight excluding hydrogens is 248 g/mol. The van der Waals surface area contributed by atoms with Gasteiger partial charge in [0.25, 0.3) is 0 Å². The number of aliphatic imine (C=N–C) groups is 1. The molecule has 2 aromatic rings. The van der Waals surface area contributed by atoms with Gasteiger partial charge < -0.3 is 16.0 Å². The number of aromatic nitrogens is 1. The number of hydrogen-bond donors (Lipinski definition) is 3. The Morgan fingerprint density at radius 3 is 3.00 bits per heavy atom. The Hall–Kier alpha value is -1.97. The zero-order chi connectivity index (χ0) is 14.5. The van der Waals surface area contributed by atoms with Gasteiger partial charge in [0, 0.05) is 29.7 Å². The predicted octanol–water partition coefficient (Wildman–Crippen LogP) is 2.72. The van der Waals surface area contributed by atoms with Crippen LogP contribution in [0.3, 0.4) is 0 Å². The van der Waals surface area contributed by atoms with E-state index in [1.807, 2.05) is 0 Å². The van der Waals surface area contributed by atoms with E-state index in [1.165, 1.54) is 22.0 Å². The van der Waals surface area contributed by atoms with Crippen molar-refractivity contribution >= 4 is 16.9 Å². The summed E-state index contributed by atoms with van der Waals surface area (Å²) in [6.07, 6.45) is 4.01. The summed E-state index contributed by atoms with van der Waals surface area (Å²) in [7, 11) is 0. The first-order valence-electron chi connectivity index (χ1n) is 7.23. The van der Waals surface area contributed by atoms with Gasteiger partial charge in [-0.25, -0.2) is 0 Å². The molecule has 0 fully saturated rings. The van der Waals surface area contributed by atoms with Crippen molar-refractivity contribution < 1.29 is 0 Å². The third kappa shape index (κ3) is 3.32. The van der Waals surface area contributed by atoms with E-state index in [-0.39, 0.29) is 0 Å². The van der Waals surface area contributed by atoms with Crippen LogP contribution in [-0.2, 0) is 6.42 Å². The smallest absolute Gasteiger partial charge is 0.188 e. The number of para-hydroxylation sites is 1. The van der Waals surface area contributed by atoms with Gasteiger partial charge in [0.2, 0.25) is 0 Å². The average Bonchev–Trinajstić information content (AvgIpc) is 2.83. The van der Waals surface area contributed by atoms with Crippen molar-refractivity contribution in [3.8, 4) is 0 Å². The lowest BCUT2D eigenvalue weighted by Crippen LogP contribution is -2.38. The Morgan fingerprint density at radius 2 is 2.25 bits per heavy atom. The second-order valence-corrected chi connectivity index (χ2v) is 5.28. The van der Waals surface area contributed by atoms with Crippen molar-refractivity contribution in [3.63, 3.8) is 0 Å². The Bertz CT molecular complexity index is 598. The molecule has 0 aliphatic rings. The Balaban J connectivity index is 2.00. The number of fused-ring (bicyclic) bond motifs is 1. The first kappa shape index (κ1) is 14.4. The van der Waals surface area contributed by atoms with Gasteiger partial charge in [0.1, 0.15) is 0 Å². The van der Waals surface area contributed by atoms with Crippen LogP contribution in [0.15, 0.2) is 29.4 Å². The summed E-state index contributed by atoms with van der Waals surface area (Å²) in [5.41, 5.74) is 9.65. The van der Waals surface area contributed by atoms with Crippen LogP contribution in [0.25, 0.3) is 10.9 Å². The molecule has 0 bridgehead atoms. The molecule has 0 amide bonds. The molecule has 2 rings (SSSR count). The summed E-state index contributed by atoms with van der Waals surface area (Å²) in [4.78, 5) is 7.73. The Morgan fingerprint density at radius 1 is 1.45 bits per heavy atom. The highest BCUT2D eigenvalue weighted by atomic mass is 15.1. The lowest BCUT2D eigenvalue weighted by atomic mass is 10.1. The molecule has 0 spiro atoms. The monoisotopic (exact) mass is 272 g/mol. The van der Waals surface area contributed by atoms with Crippen LogP contribution < -0.4 is 11.1 Å². The molecule has 4 nitrogen and oxygen atoms in total. The number of H-pyrrole nitrogens is 1. The zero-order valence-electron chi connectivity index (χ0n) is 12.5. The van der Waals surface area contributed by atoms with Crippen LogP contribution in [0, 0.1) is 6.92 Å². The van der Waals surface area contributed by atoms with Crippen molar-refractivity contribution in [1.29, 1.82) is 0 Å². The topological polar surface area (TPSA) is 66.2 Å². The number of guanidine groups is 1. The molecule has 0 radical (unpaired) electrons. The largest absolute Gasteiger partial charge is 0.370 e. The quantitative estimate of drug-likeness (QED) is 0.579. The molecule has 0 aliphatic carbocycles. The van der Waals surface area contributed by atoms with Gasteiger partial charge in [0.05, 0.1) is 0 Å². The van der Waals surface area contributed by atoms with Crippen LogP contribution in [-0.4, -0.2) is 23.5 Å². The molecule has 1 atom stereocenters. The van der Waals surface area contributed by atoms with Crippen LogP contribution in [0.4, 0.5) is 0 Å². The summed E-state index contributed by atoms with van der Waals surface area (Å²) >= 11 is 0. The van der Waals surface area contributed by atoms with Gasteiger partial charge in [-0.2, -0.15) is 0 Å². The number of nitrogens with one attached hydrogen (secondary N) is 2. The summed E-state index contributed by atoms with van der Waals surface area (Å²) in [5.74, 6) is 0.537. The minimum atomic E-state index is 0.370. The van der Waals surface area contributed by atoms with Gasteiger partial charge in [-0.15, -0.1) is 0 Å². The van der Waals surface area contributed by atoms with E-state index in [1.54, 1.807) is 0 Å². The molecule has 108 valence electrons. The highest BCUT2D eigenvalue weighted by Crippen LogP contribution is 2.21. The molecule has 0 saturated carbocycles. The molecule has 0 saturated heterocycles. The molecule has 1 aromatic heterocycles. The van der Waals surface area contributed by atoms with Crippen molar-refractivity contribution in [2.75, 3.05) is 6.54 Å². The maximum absolute atomic E-state index is 5.86. The number of hydrogen-bond acceptors (Lipinski definition) is 1. The molecule has 0 aliphatic heterocycles. The second-order valence-electron chi connectivity index (χ2n) is 5.28. The number of aromatic amines is 1. The first-order valence-corrected chi connectivity index (χ1v) is 7.23. The fraction of sp³-hybridized carbons (Fsp3) is 0.438. The number of nitrogens with two attached hydrogens (primary N) is 1. The van der Waals surface area contributed by atoms with E-state index >= 15 is 0 Å². The van der Waals surface area contributed by atoms with E-state index in [0.717, 1.165) is 12.8 Å². The van der Waals surface area contributed by atoms with E-state index < -0.39 is 0 Å². The van der Waals surface area contributed by atoms with Crippen molar-refractivity contribution in [2.24, 2.45) is 10.7 Å². The normalized spacial score (nSPS) is 13.7. The molecule has 4 heteroatoms. The minimum Gasteiger partial charge on any atom is -0.370 e. The maximum atomic E-state index is 5.86. The van der Waals surface area contributed by atoms with Crippen LogP contribution in [0.2, 0.25) is 0 Å². The van der Waals surface area contributed by atoms with Crippen LogP contribution in [0.1, 0.15) is 31.4 Å².